The predicted octanol–water partition coefficient (Wildman–Crippen LogP) is 2.43. The lowest BCUT2D eigenvalue weighted by molar-refractivity contribution is -0.149. The highest BCUT2D eigenvalue weighted by atomic mass is 16.6. The van der Waals surface area contributed by atoms with Crippen LogP contribution in [-0.4, -0.2) is 37.1 Å². The summed E-state index contributed by atoms with van der Waals surface area (Å²) in [4.78, 5) is 26.7. The molecule has 0 radical (unpaired) electrons. The van der Waals surface area contributed by atoms with Crippen molar-refractivity contribution in [1.29, 1.82) is 0 Å². The van der Waals surface area contributed by atoms with Gasteiger partial charge in [0.15, 0.2) is 0 Å². The monoisotopic (exact) mass is 342 g/mol. The molecule has 0 bridgehead atoms. The molecule has 0 unspecified atom stereocenters. The van der Waals surface area contributed by atoms with Crippen molar-refractivity contribution in [3.05, 3.63) is 29.8 Å². The number of carbonyl (C=O) groups is 2. The number of fused-ring (bicyclic) bond motifs is 1. The van der Waals surface area contributed by atoms with Crippen molar-refractivity contribution in [3.63, 3.8) is 0 Å². The van der Waals surface area contributed by atoms with Crippen LogP contribution in [-0.2, 0) is 20.7 Å². The van der Waals surface area contributed by atoms with Crippen LogP contribution in [0.4, 0.5) is 5.69 Å². The molecule has 1 aliphatic carbocycles. The van der Waals surface area contributed by atoms with Crippen molar-refractivity contribution in [2.45, 2.75) is 50.5 Å². The number of benzene rings is 1. The van der Waals surface area contributed by atoms with Crippen LogP contribution in [0.1, 0.15) is 44.1 Å². The number of nitrogens with zero attached hydrogens (tertiary/aromatic N) is 1. The van der Waals surface area contributed by atoms with Gasteiger partial charge in [-0.25, -0.2) is 0 Å². The minimum Gasteiger partial charge on any atom is -0.458 e. The Morgan fingerprint density at radius 2 is 2.08 bits per heavy atom. The molecule has 1 atom stereocenters. The molecule has 4 rings (SSSR count). The summed E-state index contributed by atoms with van der Waals surface area (Å²) in [6, 6.07) is 8.53. The first-order chi connectivity index (χ1) is 12.2. The summed E-state index contributed by atoms with van der Waals surface area (Å²) in [6.45, 7) is 2.65. The average Bonchev–Trinajstić information content (AvgIpc) is 3.32. The number of hydrogen-bond donors (Lipinski definition) is 1. The minimum atomic E-state index is -0.505. The van der Waals surface area contributed by atoms with E-state index in [2.05, 4.69) is 34.5 Å². The van der Waals surface area contributed by atoms with Gasteiger partial charge in [-0.1, -0.05) is 18.2 Å². The van der Waals surface area contributed by atoms with Crippen LogP contribution in [0.25, 0.3) is 0 Å². The lowest BCUT2D eigenvalue weighted by Gasteiger charge is -2.28. The Bertz CT molecular complexity index is 667. The lowest BCUT2D eigenvalue weighted by atomic mass is 9.85. The van der Waals surface area contributed by atoms with E-state index < -0.39 is 5.60 Å². The fraction of sp³-hybridized carbons (Fsp3) is 0.600. The first kappa shape index (κ1) is 16.4. The van der Waals surface area contributed by atoms with Crippen LogP contribution in [0.15, 0.2) is 24.3 Å². The fourth-order valence-electron chi connectivity index (χ4n) is 4.69. The summed E-state index contributed by atoms with van der Waals surface area (Å²) in [6.07, 6.45) is 6.02. The summed E-state index contributed by atoms with van der Waals surface area (Å²) in [5.41, 5.74) is 2.24. The molecule has 1 N–H and O–H groups in total. The summed E-state index contributed by atoms with van der Waals surface area (Å²) < 4.78 is 5.56. The Morgan fingerprint density at radius 3 is 2.92 bits per heavy atom. The SMILES string of the molecule is O=C1C[C@H](C(=O)NCCCN2CCc3ccccc32)C2(CCCC2)O1. The average molecular weight is 342 g/mol. The molecule has 134 valence electrons. The number of hydrogen-bond acceptors (Lipinski definition) is 4. The maximum Gasteiger partial charge on any atom is 0.307 e. The molecule has 5 nitrogen and oxygen atoms in total. The standard InChI is InChI=1S/C20H26N2O3/c23-18-14-16(20(25-18)9-3-4-10-20)19(24)21-11-5-12-22-13-8-15-6-1-2-7-17(15)22/h1-2,6-7,16H,3-5,8-14H2,(H,21,24)/t16-/m1/s1. The van der Waals surface area contributed by atoms with E-state index in [4.69, 9.17) is 4.74 Å². The molecule has 2 fully saturated rings. The van der Waals surface area contributed by atoms with E-state index >= 15 is 0 Å². The quantitative estimate of drug-likeness (QED) is 0.659. The highest BCUT2D eigenvalue weighted by Crippen LogP contribution is 2.45. The molecule has 2 aliphatic heterocycles. The van der Waals surface area contributed by atoms with Gasteiger partial charge in [0, 0.05) is 25.3 Å². The van der Waals surface area contributed by atoms with Crippen molar-refractivity contribution in [1.82, 2.24) is 5.32 Å². The largest absolute Gasteiger partial charge is 0.458 e. The van der Waals surface area contributed by atoms with Gasteiger partial charge in [-0.3, -0.25) is 9.59 Å². The van der Waals surface area contributed by atoms with Crippen molar-refractivity contribution in [2.75, 3.05) is 24.5 Å². The highest BCUT2D eigenvalue weighted by Gasteiger charge is 2.53. The van der Waals surface area contributed by atoms with E-state index in [-0.39, 0.29) is 24.2 Å². The normalized spacial score (nSPS) is 23.8. The third-order valence-electron chi connectivity index (χ3n) is 5.98. The van der Waals surface area contributed by atoms with Gasteiger partial charge in [-0.05, 0) is 50.2 Å². The molecule has 1 aromatic carbocycles. The van der Waals surface area contributed by atoms with E-state index in [1.165, 1.54) is 11.3 Å². The number of nitrogens with one attached hydrogen (secondary N) is 1. The molecule has 2 heterocycles. The molecule has 1 aromatic rings. The number of ether oxygens (including phenoxy) is 1. The summed E-state index contributed by atoms with van der Waals surface area (Å²) in [5, 5.41) is 3.05. The summed E-state index contributed by atoms with van der Waals surface area (Å²) >= 11 is 0. The number of rotatable bonds is 5. The van der Waals surface area contributed by atoms with Crippen molar-refractivity contribution in [3.8, 4) is 0 Å². The topological polar surface area (TPSA) is 58.6 Å². The molecule has 5 heteroatoms. The van der Waals surface area contributed by atoms with Gasteiger partial charge in [-0.15, -0.1) is 0 Å². The minimum absolute atomic E-state index is 0.00503. The van der Waals surface area contributed by atoms with Crippen LogP contribution < -0.4 is 10.2 Å². The van der Waals surface area contributed by atoms with Crippen LogP contribution in [0, 0.1) is 5.92 Å². The predicted molar refractivity (Wildman–Crippen MR) is 95.4 cm³/mol. The zero-order chi connectivity index (χ0) is 17.3. The van der Waals surface area contributed by atoms with Crippen LogP contribution in [0.5, 0.6) is 0 Å². The molecular weight excluding hydrogens is 316 g/mol. The molecule has 3 aliphatic rings. The number of para-hydroxylation sites is 1. The Labute approximate surface area is 148 Å². The van der Waals surface area contributed by atoms with Gasteiger partial charge in [0.2, 0.25) is 5.91 Å². The fourth-order valence-corrected chi connectivity index (χ4v) is 4.69. The van der Waals surface area contributed by atoms with Crippen LogP contribution in [0.2, 0.25) is 0 Å². The second kappa shape index (κ2) is 6.70. The van der Waals surface area contributed by atoms with Crippen molar-refractivity contribution >= 4 is 17.6 Å². The maximum atomic E-state index is 12.6. The van der Waals surface area contributed by atoms with E-state index in [1.54, 1.807) is 0 Å². The van der Waals surface area contributed by atoms with E-state index in [1.807, 2.05) is 0 Å². The van der Waals surface area contributed by atoms with Crippen molar-refractivity contribution < 1.29 is 14.3 Å². The third kappa shape index (κ3) is 3.12. The Hall–Kier alpha value is -2.04. The number of esters is 1. The first-order valence-electron chi connectivity index (χ1n) is 9.50. The molecule has 0 aromatic heterocycles. The van der Waals surface area contributed by atoms with Crippen LogP contribution >= 0.6 is 0 Å². The Morgan fingerprint density at radius 1 is 1.28 bits per heavy atom. The summed E-state index contributed by atoms with van der Waals surface area (Å²) in [5.74, 6) is -0.514. The van der Waals surface area contributed by atoms with Gasteiger partial charge in [0.05, 0.1) is 12.3 Å². The van der Waals surface area contributed by atoms with Crippen LogP contribution in [0.3, 0.4) is 0 Å². The Kier molecular flexibility index (Phi) is 4.40. The number of anilines is 1. The third-order valence-corrected chi connectivity index (χ3v) is 5.98. The number of carbonyl (C=O) groups excluding carboxylic acids is 2. The van der Waals surface area contributed by atoms with E-state index in [9.17, 15) is 9.59 Å². The molecule has 1 amide bonds. The van der Waals surface area contributed by atoms with E-state index in [0.29, 0.717) is 6.54 Å². The zero-order valence-corrected chi connectivity index (χ0v) is 14.6. The van der Waals surface area contributed by atoms with Gasteiger partial charge in [0.1, 0.15) is 5.60 Å². The van der Waals surface area contributed by atoms with Gasteiger partial charge < -0.3 is 15.0 Å². The van der Waals surface area contributed by atoms with Gasteiger partial charge in [-0.2, -0.15) is 0 Å². The summed E-state index contributed by atoms with van der Waals surface area (Å²) in [7, 11) is 0. The second-order valence-corrected chi connectivity index (χ2v) is 7.51. The first-order valence-corrected chi connectivity index (χ1v) is 9.50. The molecule has 1 saturated heterocycles. The Balaban J connectivity index is 1.26. The number of amides is 1. The van der Waals surface area contributed by atoms with E-state index in [0.717, 1.165) is 51.6 Å². The molecule has 1 spiro atoms. The highest BCUT2D eigenvalue weighted by molar-refractivity contribution is 5.87. The molecular formula is C20H26N2O3. The molecule has 25 heavy (non-hydrogen) atoms. The van der Waals surface area contributed by atoms with Gasteiger partial charge in [0.25, 0.3) is 0 Å². The second-order valence-electron chi connectivity index (χ2n) is 7.51. The van der Waals surface area contributed by atoms with Gasteiger partial charge >= 0.3 is 5.97 Å². The van der Waals surface area contributed by atoms with Crippen molar-refractivity contribution in [2.24, 2.45) is 5.92 Å². The zero-order valence-electron chi connectivity index (χ0n) is 14.6. The lowest BCUT2D eigenvalue weighted by Crippen LogP contribution is -2.43. The smallest absolute Gasteiger partial charge is 0.307 e. The maximum absolute atomic E-state index is 12.6. The molecule has 1 saturated carbocycles.